The lowest BCUT2D eigenvalue weighted by Crippen LogP contribution is -2.49. The lowest BCUT2D eigenvalue weighted by Gasteiger charge is -2.35. The van der Waals surface area contributed by atoms with E-state index in [1.165, 1.54) is 24.3 Å². The molecule has 3 heterocycles. The van der Waals surface area contributed by atoms with E-state index in [9.17, 15) is 19.5 Å². The van der Waals surface area contributed by atoms with E-state index in [1.807, 2.05) is 84.4 Å². The van der Waals surface area contributed by atoms with Crippen molar-refractivity contribution in [1.82, 2.24) is 24.3 Å². The van der Waals surface area contributed by atoms with E-state index in [4.69, 9.17) is 0 Å². The van der Waals surface area contributed by atoms with Crippen molar-refractivity contribution >= 4 is 34.5 Å². The highest BCUT2D eigenvalue weighted by Crippen LogP contribution is 2.35. The van der Waals surface area contributed by atoms with Crippen molar-refractivity contribution < 1.29 is 19.5 Å². The number of likely N-dealkylation sites (N-methyl/N-ethyl adjacent to an activating group) is 1. The SMILES string of the molecule is Cc1ccc2c(c1)c(C(=O)N1CCN(c3cnc(C(=O)N(C)[C@@H](Cc4ccccc4)C(=O)O)cn3)CC1)c(-c1ccccc1)n2C. The first kappa shape index (κ1) is 30.5. The Labute approximate surface area is 267 Å². The molecule has 0 saturated carbocycles. The topological polar surface area (TPSA) is 112 Å². The van der Waals surface area contributed by atoms with Gasteiger partial charge in [0.15, 0.2) is 0 Å². The number of carbonyl (C=O) groups is 3. The summed E-state index contributed by atoms with van der Waals surface area (Å²) in [6, 6.07) is 24.4. The van der Waals surface area contributed by atoms with Crippen LogP contribution in [-0.2, 0) is 18.3 Å². The number of benzene rings is 3. The Hall–Kier alpha value is -5.51. The Morgan fingerprint density at radius 3 is 2.20 bits per heavy atom. The number of hydrogen-bond donors (Lipinski definition) is 1. The molecule has 1 aliphatic rings. The van der Waals surface area contributed by atoms with Gasteiger partial charge in [0.1, 0.15) is 17.6 Å². The highest BCUT2D eigenvalue weighted by atomic mass is 16.4. The second-order valence-electron chi connectivity index (χ2n) is 11.7. The van der Waals surface area contributed by atoms with Crippen LogP contribution in [0.3, 0.4) is 0 Å². The third kappa shape index (κ3) is 5.93. The van der Waals surface area contributed by atoms with Crippen LogP contribution in [0.4, 0.5) is 5.82 Å². The summed E-state index contributed by atoms with van der Waals surface area (Å²) in [7, 11) is 3.47. The molecule has 0 radical (unpaired) electrons. The summed E-state index contributed by atoms with van der Waals surface area (Å²) >= 11 is 0. The average molecular weight is 617 g/mol. The van der Waals surface area contributed by atoms with Gasteiger partial charge in [-0.3, -0.25) is 9.59 Å². The number of anilines is 1. The van der Waals surface area contributed by atoms with Crippen LogP contribution in [0.25, 0.3) is 22.2 Å². The number of hydrogen-bond acceptors (Lipinski definition) is 6. The number of piperazine rings is 1. The molecule has 2 amide bonds. The number of aryl methyl sites for hydroxylation is 2. The molecular weight excluding hydrogens is 580 g/mol. The van der Waals surface area contributed by atoms with Crippen LogP contribution in [0, 0.1) is 6.92 Å². The normalized spacial score (nSPS) is 13.9. The number of aromatic nitrogens is 3. The fraction of sp³-hybridized carbons (Fsp3) is 0.250. The van der Waals surface area contributed by atoms with Crippen LogP contribution in [0.15, 0.2) is 91.3 Å². The molecule has 3 aromatic carbocycles. The standard InChI is InChI=1S/C36H36N6O4/c1-24-14-15-29-27(20-24)32(33(39(29)2)26-12-8-5-9-13-26)35(44)42-18-16-41(17-19-42)31-23-37-28(22-38-31)34(43)40(3)30(36(45)46)21-25-10-6-4-7-11-25/h4-15,20,22-23,30H,16-19,21H2,1-3H3,(H,45,46)/t30-/m0/s1. The van der Waals surface area contributed by atoms with Gasteiger partial charge in [0.05, 0.1) is 23.7 Å². The van der Waals surface area contributed by atoms with Crippen LogP contribution in [0.2, 0.25) is 0 Å². The molecule has 0 bridgehead atoms. The van der Waals surface area contributed by atoms with Gasteiger partial charge in [0.2, 0.25) is 0 Å². The smallest absolute Gasteiger partial charge is 0.326 e. The second kappa shape index (κ2) is 12.8. The zero-order chi connectivity index (χ0) is 32.4. The molecule has 1 N–H and O–H groups in total. The number of carboxylic acid groups (broad SMARTS) is 1. The number of amides is 2. The van der Waals surface area contributed by atoms with Crippen LogP contribution >= 0.6 is 0 Å². The van der Waals surface area contributed by atoms with Crippen LogP contribution in [0.1, 0.15) is 32.0 Å². The van der Waals surface area contributed by atoms with Crippen LogP contribution in [0.5, 0.6) is 0 Å². The Bertz CT molecular complexity index is 1880. The first-order chi connectivity index (χ1) is 22.2. The van der Waals surface area contributed by atoms with Gasteiger partial charge in [-0.1, -0.05) is 72.3 Å². The van der Waals surface area contributed by atoms with Crippen molar-refractivity contribution in [2.45, 2.75) is 19.4 Å². The van der Waals surface area contributed by atoms with Gasteiger partial charge in [-0.15, -0.1) is 0 Å². The molecule has 0 unspecified atom stereocenters. The third-order valence-electron chi connectivity index (χ3n) is 8.71. The fourth-order valence-corrected chi connectivity index (χ4v) is 6.15. The molecule has 10 nitrogen and oxygen atoms in total. The fourth-order valence-electron chi connectivity index (χ4n) is 6.15. The van der Waals surface area contributed by atoms with Crippen molar-refractivity contribution in [3.8, 4) is 11.3 Å². The largest absolute Gasteiger partial charge is 0.480 e. The maximum absolute atomic E-state index is 14.2. The van der Waals surface area contributed by atoms with Gasteiger partial charge in [0.25, 0.3) is 11.8 Å². The van der Waals surface area contributed by atoms with Gasteiger partial charge >= 0.3 is 5.97 Å². The maximum atomic E-state index is 14.2. The van der Waals surface area contributed by atoms with E-state index in [-0.39, 0.29) is 18.0 Å². The van der Waals surface area contributed by atoms with E-state index in [0.29, 0.717) is 37.6 Å². The van der Waals surface area contributed by atoms with Gasteiger partial charge in [0, 0.05) is 57.6 Å². The summed E-state index contributed by atoms with van der Waals surface area (Å²) < 4.78 is 2.10. The first-order valence-corrected chi connectivity index (χ1v) is 15.3. The maximum Gasteiger partial charge on any atom is 0.326 e. The van der Waals surface area contributed by atoms with Crippen molar-refractivity contribution in [2.75, 3.05) is 38.1 Å². The highest BCUT2D eigenvalue weighted by Gasteiger charge is 2.31. The van der Waals surface area contributed by atoms with E-state index >= 15 is 0 Å². The molecule has 0 aliphatic carbocycles. The molecule has 1 atom stereocenters. The molecule has 1 fully saturated rings. The highest BCUT2D eigenvalue weighted by molar-refractivity contribution is 6.13. The molecular formula is C36H36N6O4. The summed E-state index contributed by atoms with van der Waals surface area (Å²) in [4.78, 5) is 53.3. The van der Waals surface area contributed by atoms with Gasteiger partial charge in [-0.05, 0) is 30.2 Å². The predicted octanol–water partition coefficient (Wildman–Crippen LogP) is 4.67. The van der Waals surface area contributed by atoms with Crippen molar-refractivity contribution in [3.05, 3.63) is 114 Å². The van der Waals surface area contributed by atoms with Crippen molar-refractivity contribution in [3.63, 3.8) is 0 Å². The predicted molar refractivity (Wildman–Crippen MR) is 177 cm³/mol. The van der Waals surface area contributed by atoms with E-state index < -0.39 is 17.9 Å². The average Bonchev–Trinajstić information content (AvgIpc) is 3.38. The molecule has 1 aliphatic heterocycles. The number of nitrogens with zero attached hydrogens (tertiary/aromatic N) is 6. The summed E-state index contributed by atoms with van der Waals surface area (Å²) in [5.74, 6) is -1.02. The van der Waals surface area contributed by atoms with E-state index in [0.717, 1.165) is 33.3 Å². The van der Waals surface area contributed by atoms with E-state index in [1.54, 1.807) is 0 Å². The first-order valence-electron chi connectivity index (χ1n) is 15.3. The molecule has 2 aromatic heterocycles. The van der Waals surface area contributed by atoms with Gasteiger partial charge < -0.3 is 24.4 Å². The zero-order valence-electron chi connectivity index (χ0n) is 26.1. The number of fused-ring (bicyclic) bond motifs is 1. The minimum absolute atomic E-state index is 0.00624. The molecule has 0 spiro atoms. The molecule has 1 saturated heterocycles. The molecule has 5 aromatic rings. The summed E-state index contributed by atoms with van der Waals surface area (Å²) in [5.41, 5.74) is 5.60. The monoisotopic (exact) mass is 616 g/mol. The number of aliphatic carboxylic acids is 1. The number of carbonyl (C=O) groups excluding carboxylic acids is 2. The Morgan fingerprint density at radius 1 is 0.891 bits per heavy atom. The van der Waals surface area contributed by atoms with Crippen LogP contribution in [-0.4, -0.2) is 86.5 Å². The zero-order valence-corrected chi connectivity index (χ0v) is 26.1. The second-order valence-corrected chi connectivity index (χ2v) is 11.7. The van der Waals surface area contributed by atoms with Crippen LogP contribution < -0.4 is 4.90 Å². The van der Waals surface area contributed by atoms with Crippen molar-refractivity contribution in [1.29, 1.82) is 0 Å². The number of carboxylic acids is 1. The molecule has 234 valence electrons. The Morgan fingerprint density at radius 2 is 1.57 bits per heavy atom. The summed E-state index contributed by atoms with van der Waals surface area (Å²) in [5, 5.41) is 10.8. The molecule has 46 heavy (non-hydrogen) atoms. The van der Waals surface area contributed by atoms with E-state index in [2.05, 4.69) is 32.7 Å². The quantitative estimate of drug-likeness (QED) is 0.270. The summed E-state index contributed by atoms with van der Waals surface area (Å²) in [6.07, 6.45) is 3.10. The molecule has 6 rings (SSSR count). The Kier molecular flexibility index (Phi) is 8.52. The van der Waals surface area contributed by atoms with Crippen molar-refractivity contribution in [2.24, 2.45) is 7.05 Å². The Balaban J connectivity index is 1.16. The van der Waals surface area contributed by atoms with Gasteiger partial charge in [-0.25, -0.2) is 14.8 Å². The lowest BCUT2D eigenvalue weighted by molar-refractivity contribution is -0.141. The van der Waals surface area contributed by atoms with Gasteiger partial charge in [-0.2, -0.15) is 0 Å². The lowest BCUT2D eigenvalue weighted by atomic mass is 10.0. The molecule has 10 heteroatoms. The third-order valence-corrected chi connectivity index (χ3v) is 8.71. The number of rotatable bonds is 8. The minimum atomic E-state index is -1.09. The minimum Gasteiger partial charge on any atom is -0.480 e. The summed E-state index contributed by atoms with van der Waals surface area (Å²) in [6.45, 7) is 4.14.